The molecular weight excluding hydrogens is 214 g/mol. The fraction of sp³-hybridized carbons (Fsp3) is 0.571. The van der Waals surface area contributed by atoms with Gasteiger partial charge in [0.2, 0.25) is 0 Å². The first-order valence-corrected chi connectivity index (χ1v) is 6.26. The van der Waals surface area contributed by atoms with Crippen molar-refractivity contribution in [2.45, 2.75) is 38.5 Å². The standard InChI is InChI=1S/C14H21NO2/c1-4-16-14-12(15-3)9-13(14)17-11-7-5-10(2)6-8-11/h5-8,12-15H,4,9H2,1-3H3. The summed E-state index contributed by atoms with van der Waals surface area (Å²) in [7, 11) is 1.97. The minimum absolute atomic E-state index is 0.173. The van der Waals surface area contributed by atoms with Crippen LogP contribution in [0.3, 0.4) is 0 Å². The fourth-order valence-electron chi connectivity index (χ4n) is 2.19. The third kappa shape index (κ3) is 2.79. The highest BCUT2D eigenvalue weighted by Gasteiger charge is 2.42. The van der Waals surface area contributed by atoms with Crippen molar-refractivity contribution in [2.75, 3.05) is 13.7 Å². The van der Waals surface area contributed by atoms with Gasteiger partial charge in [0.15, 0.2) is 0 Å². The number of nitrogens with one attached hydrogen (secondary N) is 1. The van der Waals surface area contributed by atoms with Gasteiger partial charge in [-0.25, -0.2) is 0 Å². The molecule has 1 N–H and O–H groups in total. The first kappa shape index (κ1) is 12.4. The van der Waals surface area contributed by atoms with Gasteiger partial charge < -0.3 is 14.8 Å². The van der Waals surface area contributed by atoms with E-state index in [1.165, 1.54) is 5.56 Å². The topological polar surface area (TPSA) is 30.5 Å². The molecule has 0 amide bonds. The molecule has 0 aromatic heterocycles. The summed E-state index contributed by atoms with van der Waals surface area (Å²) in [5.74, 6) is 0.930. The molecule has 0 spiro atoms. The molecule has 1 aliphatic rings. The van der Waals surface area contributed by atoms with Gasteiger partial charge >= 0.3 is 0 Å². The lowest BCUT2D eigenvalue weighted by Gasteiger charge is -2.43. The Balaban J connectivity index is 1.93. The van der Waals surface area contributed by atoms with Crippen LogP contribution in [0.5, 0.6) is 5.75 Å². The van der Waals surface area contributed by atoms with E-state index in [4.69, 9.17) is 9.47 Å². The molecule has 3 atom stereocenters. The molecule has 3 nitrogen and oxygen atoms in total. The quantitative estimate of drug-likeness (QED) is 0.848. The summed E-state index contributed by atoms with van der Waals surface area (Å²) in [6.45, 7) is 4.83. The van der Waals surface area contributed by atoms with E-state index in [2.05, 4.69) is 24.4 Å². The average Bonchev–Trinajstić information content (AvgIpc) is 2.33. The molecule has 94 valence electrons. The third-order valence-electron chi connectivity index (χ3n) is 3.29. The first-order valence-electron chi connectivity index (χ1n) is 6.26. The number of hydrogen-bond donors (Lipinski definition) is 1. The predicted molar refractivity (Wildman–Crippen MR) is 68.5 cm³/mol. The molecule has 0 bridgehead atoms. The average molecular weight is 235 g/mol. The van der Waals surface area contributed by atoms with E-state index in [0.29, 0.717) is 6.04 Å². The maximum atomic E-state index is 5.94. The van der Waals surface area contributed by atoms with E-state index in [9.17, 15) is 0 Å². The summed E-state index contributed by atoms with van der Waals surface area (Å²) in [6, 6.07) is 8.60. The van der Waals surface area contributed by atoms with Crippen molar-refractivity contribution in [1.29, 1.82) is 0 Å². The van der Waals surface area contributed by atoms with Gasteiger partial charge in [0.25, 0.3) is 0 Å². The molecule has 0 radical (unpaired) electrons. The number of ether oxygens (including phenoxy) is 2. The Morgan fingerprint density at radius 2 is 2.00 bits per heavy atom. The largest absolute Gasteiger partial charge is 0.488 e. The molecule has 1 aromatic rings. The second-order valence-electron chi connectivity index (χ2n) is 4.52. The third-order valence-corrected chi connectivity index (χ3v) is 3.29. The fourth-order valence-corrected chi connectivity index (χ4v) is 2.19. The second-order valence-corrected chi connectivity index (χ2v) is 4.52. The summed E-state index contributed by atoms with van der Waals surface area (Å²) in [4.78, 5) is 0. The highest BCUT2D eigenvalue weighted by atomic mass is 16.5. The van der Waals surface area contributed by atoms with Crippen LogP contribution in [-0.4, -0.2) is 31.9 Å². The number of benzene rings is 1. The smallest absolute Gasteiger partial charge is 0.128 e. The highest BCUT2D eigenvalue weighted by molar-refractivity contribution is 5.27. The van der Waals surface area contributed by atoms with Gasteiger partial charge in [-0.15, -0.1) is 0 Å². The monoisotopic (exact) mass is 235 g/mol. The van der Waals surface area contributed by atoms with Crippen LogP contribution in [0.2, 0.25) is 0 Å². The van der Waals surface area contributed by atoms with Gasteiger partial charge in [0.1, 0.15) is 18.0 Å². The Morgan fingerprint density at radius 3 is 2.59 bits per heavy atom. The van der Waals surface area contributed by atoms with Gasteiger partial charge in [-0.3, -0.25) is 0 Å². The summed E-state index contributed by atoms with van der Waals surface area (Å²) >= 11 is 0. The van der Waals surface area contributed by atoms with Crippen LogP contribution in [0.15, 0.2) is 24.3 Å². The predicted octanol–water partition coefficient (Wildman–Crippen LogP) is 2.14. The number of aryl methyl sites for hydroxylation is 1. The van der Waals surface area contributed by atoms with Crippen LogP contribution < -0.4 is 10.1 Å². The molecule has 1 saturated carbocycles. The lowest BCUT2D eigenvalue weighted by atomic mass is 9.85. The van der Waals surface area contributed by atoms with E-state index >= 15 is 0 Å². The molecule has 1 fully saturated rings. The summed E-state index contributed by atoms with van der Waals surface area (Å²) in [5, 5.41) is 3.26. The molecule has 0 aliphatic heterocycles. The van der Waals surface area contributed by atoms with Crippen LogP contribution in [0, 0.1) is 6.92 Å². The minimum atomic E-state index is 0.173. The zero-order chi connectivity index (χ0) is 12.3. The van der Waals surface area contributed by atoms with Crippen molar-refractivity contribution in [3.63, 3.8) is 0 Å². The SMILES string of the molecule is CCOC1C(NC)CC1Oc1ccc(C)cc1. The van der Waals surface area contributed by atoms with E-state index in [1.807, 2.05) is 26.1 Å². The summed E-state index contributed by atoms with van der Waals surface area (Å²) in [5.41, 5.74) is 1.25. The Labute approximate surface area is 103 Å². The Bertz CT molecular complexity index is 350. The van der Waals surface area contributed by atoms with Gasteiger partial charge in [0, 0.05) is 19.1 Å². The van der Waals surface area contributed by atoms with Gasteiger partial charge in [0.05, 0.1) is 0 Å². The van der Waals surface area contributed by atoms with Crippen LogP contribution in [0.25, 0.3) is 0 Å². The summed E-state index contributed by atoms with van der Waals surface area (Å²) < 4.78 is 11.6. The molecule has 0 saturated heterocycles. The molecule has 17 heavy (non-hydrogen) atoms. The Morgan fingerprint density at radius 1 is 1.29 bits per heavy atom. The maximum Gasteiger partial charge on any atom is 0.128 e. The molecule has 1 aromatic carbocycles. The second kappa shape index (κ2) is 5.52. The van der Waals surface area contributed by atoms with Crippen molar-refractivity contribution in [2.24, 2.45) is 0 Å². The van der Waals surface area contributed by atoms with Crippen molar-refractivity contribution in [1.82, 2.24) is 5.32 Å². The van der Waals surface area contributed by atoms with Crippen LogP contribution in [0.4, 0.5) is 0 Å². The summed E-state index contributed by atoms with van der Waals surface area (Å²) in [6.07, 6.45) is 1.36. The first-order chi connectivity index (χ1) is 8.24. The molecular formula is C14H21NO2. The molecule has 1 aliphatic carbocycles. The zero-order valence-electron chi connectivity index (χ0n) is 10.8. The number of rotatable bonds is 5. The van der Waals surface area contributed by atoms with E-state index in [1.54, 1.807) is 0 Å². The normalized spacial score (nSPS) is 27.6. The number of hydrogen-bond acceptors (Lipinski definition) is 3. The van der Waals surface area contributed by atoms with E-state index in [0.717, 1.165) is 18.8 Å². The van der Waals surface area contributed by atoms with E-state index in [-0.39, 0.29) is 12.2 Å². The minimum Gasteiger partial charge on any atom is -0.488 e. The number of likely N-dealkylation sites (N-methyl/N-ethyl adjacent to an activating group) is 1. The van der Waals surface area contributed by atoms with Crippen molar-refractivity contribution < 1.29 is 9.47 Å². The lowest BCUT2D eigenvalue weighted by Crippen LogP contribution is -2.60. The van der Waals surface area contributed by atoms with Gasteiger partial charge in [-0.1, -0.05) is 17.7 Å². The van der Waals surface area contributed by atoms with Crippen molar-refractivity contribution in [3.05, 3.63) is 29.8 Å². The Hall–Kier alpha value is -1.06. The van der Waals surface area contributed by atoms with Crippen molar-refractivity contribution >= 4 is 0 Å². The van der Waals surface area contributed by atoms with Crippen molar-refractivity contribution in [3.8, 4) is 5.75 Å². The van der Waals surface area contributed by atoms with E-state index < -0.39 is 0 Å². The van der Waals surface area contributed by atoms with Crippen LogP contribution in [-0.2, 0) is 4.74 Å². The van der Waals surface area contributed by atoms with Crippen LogP contribution >= 0.6 is 0 Å². The molecule has 0 heterocycles. The van der Waals surface area contributed by atoms with Crippen LogP contribution in [0.1, 0.15) is 18.9 Å². The molecule has 2 rings (SSSR count). The lowest BCUT2D eigenvalue weighted by molar-refractivity contribution is -0.103. The molecule has 3 heteroatoms. The van der Waals surface area contributed by atoms with Gasteiger partial charge in [-0.2, -0.15) is 0 Å². The van der Waals surface area contributed by atoms with Gasteiger partial charge in [-0.05, 0) is 33.0 Å². The molecule has 3 unspecified atom stereocenters. The Kier molecular flexibility index (Phi) is 4.02. The zero-order valence-corrected chi connectivity index (χ0v) is 10.8. The maximum absolute atomic E-state index is 5.94. The highest BCUT2D eigenvalue weighted by Crippen LogP contribution is 2.29.